The number of ether oxygens (including phenoxy) is 1. The molecule has 0 saturated heterocycles. The highest BCUT2D eigenvalue weighted by Crippen LogP contribution is 2.45. The summed E-state index contributed by atoms with van der Waals surface area (Å²) < 4.78 is 19.4. The average molecular weight is 316 g/mol. The Labute approximate surface area is 138 Å². The topological polar surface area (TPSA) is 59.0 Å². The van der Waals surface area contributed by atoms with E-state index in [0.29, 0.717) is 16.9 Å². The maximum Gasteiger partial charge on any atom is 0.205 e. The van der Waals surface area contributed by atoms with Crippen molar-refractivity contribution < 1.29 is 9.13 Å². The zero-order valence-corrected chi connectivity index (χ0v) is 12.7. The average Bonchev–Trinajstić information content (AvgIpc) is 2.60. The van der Waals surface area contributed by atoms with Gasteiger partial charge in [-0.25, -0.2) is 4.39 Å². The summed E-state index contributed by atoms with van der Waals surface area (Å²) >= 11 is 0. The van der Waals surface area contributed by atoms with Crippen molar-refractivity contribution in [2.24, 2.45) is 5.73 Å². The van der Waals surface area contributed by atoms with Crippen molar-refractivity contribution in [1.82, 2.24) is 0 Å². The van der Waals surface area contributed by atoms with Crippen molar-refractivity contribution >= 4 is 10.8 Å². The van der Waals surface area contributed by atoms with Crippen LogP contribution in [-0.2, 0) is 0 Å². The van der Waals surface area contributed by atoms with Crippen LogP contribution in [0.4, 0.5) is 4.39 Å². The van der Waals surface area contributed by atoms with Crippen LogP contribution < -0.4 is 10.5 Å². The minimum absolute atomic E-state index is 0.0644. The number of nitrogens with two attached hydrogens (primary N) is 1. The summed E-state index contributed by atoms with van der Waals surface area (Å²) in [5, 5.41) is 11.6. The Morgan fingerprint density at radius 1 is 1.04 bits per heavy atom. The van der Waals surface area contributed by atoms with Gasteiger partial charge in [0.05, 0.1) is 5.92 Å². The van der Waals surface area contributed by atoms with E-state index < -0.39 is 5.92 Å². The molecular weight excluding hydrogens is 303 g/mol. The van der Waals surface area contributed by atoms with Gasteiger partial charge in [-0.1, -0.05) is 42.5 Å². The third-order valence-electron chi connectivity index (χ3n) is 4.30. The highest BCUT2D eigenvalue weighted by atomic mass is 19.1. The van der Waals surface area contributed by atoms with Crippen molar-refractivity contribution in [3.8, 4) is 11.8 Å². The summed E-state index contributed by atoms with van der Waals surface area (Å²) in [7, 11) is 0. The fraction of sp³-hybridized carbons (Fsp3) is 0.0500. The highest BCUT2D eigenvalue weighted by Gasteiger charge is 2.32. The molecule has 4 heteroatoms. The normalized spacial score (nSPS) is 16.4. The number of fused-ring (bicyclic) bond motifs is 3. The van der Waals surface area contributed by atoms with E-state index in [1.165, 1.54) is 12.1 Å². The molecule has 0 spiro atoms. The van der Waals surface area contributed by atoms with Gasteiger partial charge < -0.3 is 10.5 Å². The van der Waals surface area contributed by atoms with Crippen LogP contribution in [0.3, 0.4) is 0 Å². The third-order valence-corrected chi connectivity index (χ3v) is 4.30. The third kappa shape index (κ3) is 2.10. The first-order chi connectivity index (χ1) is 11.7. The van der Waals surface area contributed by atoms with Gasteiger partial charge in [0.1, 0.15) is 23.2 Å². The van der Waals surface area contributed by atoms with Crippen LogP contribution in [0.1, 0.15) is 17.0 Å². The number of benzene rings is 3. The predicted molar refractivity (Wildman–Crippen MR) is 89.6 cm³/mol. The zero-order chi connectivity index (χ0) is 16.7. The molecule has 0 aromatic heterocycles. The number of nitrogens with zero attached hydrogens (tertiary/aromatic N) is 1. The van der Waals surface area contributed by atoms with E-state index in [9.17, 15) is 9.65 Å². The highest BCUT2D eigenvalue weighted by molar-refractivity contribution is 5.90. The number of hydrogen-bond donors (Lipinski definition) is 1. The molecule has 1 aliphatic rings. The summed E-state index contributed by atoms with van der Waals surface area (Å²) in [6.07, 6.45) is 0. The summed E-state index contributed by atoms with van der Waals surface area (Å²) in [4.78, 5) is 0. The molecule has 0 saturated carbocycles. The van der Waals surface area contributed by atoms with Crippen LogP contribution in [0.2, 0.25) is 0 Å². The Bertz CT molecular complexity index is 1030. The first-order valence-corrected chi connectivity index (χ1v) is 7.53. The quantitative estimate of drug-likeness (QED) is 0.732. The number of allylic oxidation sites excluding steroid dienone is 1. The van der Waals surface area contributed by atoms with Crippen molar-refractivity contribution in [2.45, 2.75) is 5.92 Å². The second-order valence-corrected chi connectivity index (χ2v) is 5.68. The lowest BCUT2D eigenvalue weighted by Crippen LogP contribution is -2.21. The summed E-state index contributed by atoms with van der Waals surface area (Å²) in [6.45, 7) is 0. The van der Waals surface area contributed by atoms with Crippen LogP contribution in [0, 0.1) is 17.1 Å². The Hall–Kier alpha value is -3.32. The number of rotatable bonds is 1. The fourth-order valence-corrected chi connectivity index (χ4v) is 3.26. The number of halogens is 1. The second-order valence-electron chi connectivity index (χ2n) is 5.68. The van der Waals surface area contributed by atoms with Crippen molar-refractivity contribution in [2.75, 3.05) is 0 Å². The van der Waals surface area contributed by atoms with E-state index in [-0.39, 0.29) is 11.7 Å². The van der Waals surface area contributed by atoms with E-state index in [1.807, 2.05) is 36.4 Å². The van der Waals surface area contributed by atoms with Crippen molar-refractivity contribution in [1.29, 1.82) is 5.26 Å². The predicted octanol–water partition coefficient (Wildman–Crippen LogP) is 4.20. The molecule has 0 bridgehead atoms. The molecule has 1 aliphatic heterocycles. The summed E-state index contributed by atoms with van der Waals surface area (Å²) in [5.41, 5.74) is 7.76. The van der Waals surface area contributed by atoms with Gasteiger partial charge in [-0.3, -0.25) is 0 Å². The van der Waals surface area contributed by atoms with E-state index in [4.69, 9.17) is 10.5 Å². The molecule has 1 heterocycles. The van der Waals surface area contributed by atoms with Gasteiger partial charge in [0, 0.05) is 5.56 Å². The first kappa shape index (κ1) is 14.3. The van der Waals surface area contributed by atoms with E-state index in [0.717, 1.165) is 16.3 Å². The number of nitriles is 1. The van der Waals surface area contributed by atoms with Crippen LogP contribution in [0.15, 0.2) is 72.1 Å². The van der Waals surface area contributed by atoms with E-state index in [1.54, 1.807) is 12.1 Å². The maximum atomic E-state index is 13.8. The smallest absolute Gasteiger partial charge is 0.205 e. The van der Waals surface area contributed by atoms with Gasteiger partial charge >= 0.3 is 0 Å². The molecule has 1 atom stereocenters. The van der Waals surface area contributed by atoms with Crippen LogP contribution >= 0.6 is 0 Å². The molecule has 2 N–H and O–H groups in total. The van der Waals surface area contributed by atoms with Crippen molar-refractivity contribution in [3.63, 3.8) is 0 Å². The standard InChI is InChI=1S/C20H13FN2O/c21-14-6-3-5-13(10-14)18-16(11-22)20(23)24-17-9-8-12-4-1-2-7-15(12)19(17)18/h1-10,18H,23H2/t18-/m1/s1. The summed E-state index contributed by atoms with van der Waals surface area (Å²) in [6, 6.07) is 20.0. The van der Waals surface area contributed by atoms with E-state index >= 15 is 0 Å². The van der Waals surface area contributed by atoms with Gasteiger partial charge in [-0.15, -0.1) is 0 Å². The van der Waals surface area contributed by atoms with Crippen molar-refractivity contribution in [3.05, 3.63) is 89.1 Å². The van der Waals surface area contributed by atoms with Crippen LogP contribution in [0.5, 0.6) is 5.75 Å². The first-order valence-electron chi connectivity index (χ1n) is 7.53. The fourth-order valence-electron chi connectivity index (χ4n) is 3.26. The van der Waals surface area contributed by atoms with Crippen LogP contribution in [0.25, 0.3) is 10.8 Å². The minimum Gasteiger partial charge on any atom is -0.440 e. The van der Waals surface area contributed by atoms with Gasteiger partial charge in [-0.05, 0) is 34.5 Å². The molecule has 3 nitrogen and oxygen atoms in total. The van der Waals surface area contributed by atoms with Gasteiger partial charge in [0.15, 0.2) is 0 Å². The molecule has 4 rings (SSSR count). The lowest BCUT2D eigenvalue weighted by Gasteiger charge is -2.27. The molecular formula is C20H13FN2O. The minimum atomic E-state index is -0.458. The Kier molecular flexibility index (Phi) is 3.21. The maximum absolute atomic E-state index is 13.8. The molecule has 0 unspecified atom stereocenters. The zero-order valence-electron chi connectivity index (χ0n) is 12.7. The van der Waals surface area contributed by atoms with Gasteiger partial charge in [-0.2, -0.15) is 5.26 Å². The number of hydrogen-bond acceptors (Lipinski definition) is 3. The molecule has 116 valence electrons. The molecule has 0 radical (unpaired) electrons. The molecule has 0 amide bonds. The Balaban J connectivity index is 2.07. The molecule has 3 aromatic carbocycles. The Morgan fingerprint density at radius 2 is 1.88 bits per heavy atom. The Morgan fingerprint density at radius 3 is 2.67 bits per heavy atom. The SMILES string of the molecule is N#CC1=C(N)Oc2ccc3ccccc3c2[C@@H]1c1cccc(F)c1. The van der Waals surface area contributed by atoms with E-state index in [2.05, 4.69) is 6.07 Å². The van der Waals surface area contributed by atoms with Gasteiger partial charge in [0.25, 0.3) is 0 Å². The van der Waals surface area contributed by atoms with Gasteiger partial charge in [0.2, 0.25) is 5.88 Å². The second kappa shape index (κ2) is 5.39. The largest absolute Gasteiger partial charge is 0.440 e. The monoisotopic (exact) mass is 316 g/mol. The summed E-state index contributed by atoms with van der Waals surface area (Å²) in [5.74, 6) is -0.147. The van der Waals surface area contributed by atoms with Crippen LogP contribution in [-0.4, -0.2) is 0 Å². The molecule has 0 aliphatic carbocycles. The molecule has 24 heavy (non-hydrogen) atoms. The molecule has 0 fully saturated rings. The molecule has 3 aromatic rings. The lowest BCUT2D eigenvalue weighted by molar-refractivity contribution is 0.395. The lowest BCUT2D eigenvalue weighted by atomic mass is 9.81.